The van der Waals surface area contributed by atoms with Gasteiger partial charge in [-0.2, -0.15) is 0 Å². The van der Waals surface area contributed by atoms with Crippen molar-refractivity contribution in [3.05, 3.63) is 24.4 Å². The fourth-order valence-electron chi connectivity index (χ4n) is 2.58. The molecule has 3 N–H and O–H groups in total. The van der Waals surface area contributed by atoms with Crippen LogP contribution in [0.5, 0.6) is 17.2 Å². The van der Waals surface area contributed by atoms with Gasteiger partial charge >= 0.3 is 0 Å². The molecule has 130 valence electrons. The van der Waals surface area contributed by atoms with Crippen LogP contribution in [0.4, 0.5) is 0 Å². The van der Waals surface area contributed by atoms with E-state index in [-0.39, 0.29) is 6.61 Å². The first-order valence-corrected chi connectivity index (χ1v) is 7.38. The number of aromatic nitrogens is 1. The molecule has 0 aliphatic carbocycles. The van der Waals surface area contributed by atoms with E-state index in [0.29, 0.717) is 28.2 Å². The molecule has 1 fully saturated rings. The Morgan fingerprint density at radius 3 is 2.58 bits per heavy atom. The molecule has 0 bridgehead atoms. The van der Waals surface area contributed by atoms with Crippen LogP contribution in [0.3, 0.4) is 0 Å². The van der Waals surface area contributed by atoms with Crippen LogP contribution < -0.4 is 14.2 Å². The third-order valence-corrected chi connectivity index (χ3v) is 3.89. The van der Waals surface area contributed by atoms with Gasteiger partial charge in [0.1, 0.15) is 35.6 Å². The van der Waals surface area contributed by atoms with Crippen molar-refractivity contribution in [2.45, 2.75) is 24.6 Å². The number of pyridine rings is 1. The Kier molecular flexibility index (Phi) is 4.72. The highest BCUT2D eigenvalue weighted by molar-refractivity contribution is 5.92. The van der Waals surface area contributed by atoms with Crippen molar-refractivity contribution >= 4 is 10.9 Å². The number of benzene rings is 1. The number of hydrogen-bond donors (Lipinski definition) is 3. The number of fused-ring (bicyclic) bond motifs is 1. The zero-order valence-corrected chi connectivity index (χ0v) is 13.2. The quantitative estimate of drug-likeness (QED) is 0.719. The predicted octanol–water partition coefficient (Wildman–Crippen LogP) is 0.0698. The average molecular weight is 337 g/mol. The van der Waals surface area contributed by atoms with Gasteiger partial charge in [0.15, 0.2) is 0 Å². The largest absolute Gasteiger partial charge is 0.497 e. The molecular weight excluding hydrogens is 318 g/mol. The number of rotatable bonds is 4. The van der Waals surface area contributed by atoms with Crippen LogP contribution in [0.1, 0.15) is 0 Å². The molecule has 4 atom stereocenters. The minimum absolute atomic E-state index is 0.142. The monoisotopic (exact) mass is 337 g/mol. The Hall–Kier alpha value is -2.13. The number of aliphatic hydroxyl groups excluding tert-OH is 3. The molecule has 0 spiro atoms. The molecule has 1 aliphatic rings. The van der Waals surface area contributed by atoms with Crippen LogP contribution >= 0.6 is 0 Å². The second kappa shape index (κ2) is 6.78. The van der Waals surface area contributed by atoms with E-state index in [9.17, 15) is 15.3 Å². The molecule has 1 aromatic carbocycles. The summed E-state index contributed by atoms with van der Waals surface area (Å²) in [4.78, 5) is 4.27. The van der Waals surface area contributed by atoms with E-state index in [4.69, 9.17) is 18.9 Å². The van der Waals surface area contributed by atoms with Gasteiger partial charge in [-0.05, 0) is 6.07 Å². The smallest absolute Gasteiger partial charge is 0.228 e. The van der Waals surface area contributed by atoms with Gasteiger partial charge in [-0.15, -0.1) is 0 Å². The third-order valence-electron chi connectivity index (χ3n) is 3.89. The number of methoxy groups -OCH3 is 2. The summed E-state index contributed by atoms with van der Waals surface area (Å²) in [7, 11) is 3.05. The van der Waals surface area contributed by atoms with Crippen molar-refractivity contribution in [2.24, 2.45) is 0 Å². The van der Waals surface area contributed by atoms with Gasteiger partial charge in [-0.3, -0.25) is 4.98 Å². The molecule has 0 unspecified atom stereocenters. The number of hydrogen-bond acceptors (Lipinski definition) is 8. The van der Waals surface area contributed by atoms with E-state index < -0.39 is 24.6 Å². The summed E-state index contributed by atoms with van der Waals surface area (Å²) in [6, 6.07) is 5.01. The van der Waals surface area contributed by atoms with Crippen LogP contribution in [-0.2, 0) is 4.74 Å². The maximum atomic E-state index is 10.0. The Morgan fingerprint density at radius 2 is 1.88 bits per heavy atom. The first-order chi connectivity index (χ1) is 11.5. The van der Waals surface area contributed by atoms with Crippen molar-refractivity contribution in [2.75, 3.05) is 20.8 Å². The molecule has 0 radical (unpaired) electrons. The summed E-state index contributed by atoms with van der Waals surface area (Å²) in [5.41, 5.74) is 0.578. The van der Waals surface area contributed by atoms with E-state index in [1.165, 1.54) is 13.3 Å². The van der Waals surface area contributed by atoms with Crippen LogP contribution in [0.25, 0.3) is 10.9 Å². The van der Waals surface area contributed by atoms with E-state index >= 15 is 0 Å². The lowest BCUT2D eigenvalue weighted by Gasteiger charge is -2.35. The van der Waals surface area contributed by atoms with Crippen molar-refractivity contribution < 1.29 is 34.3 Å². The second-order valence-electron chi connectivity index (χ2n) is 5.40. The lowest BCUT2D eigenvalue weighted by atomic mass is 10.1. The Balaban J connectivity index is 1.98. The van der Waals surface area contributed by atoms with Gasteiger partial charge in [0.05, 0.1) is 31.7 Å². The topological polar surface area (TPSA) is 111 Å². The highest BCUT2D eigenvalue weighted by Crippen LogP contribution is 2.37. The van der Waals surface area contributed by atoms with Crippen LogP contribution in [0, 0.1) is 0 Å². The summed E-state index contributed by atoms with van der Waals surface area (Å²) in [6.07, 6.45) is -3.48. The van der Waals surface area contributed by atoms with Gasteiger partial charge in [0.2, 0.25) is 6.29 Å². The normalized spacial score (nSPS) is 27.0. The fraction of sp³-hybridized carbons (Fsp3) is 0.438. The molecular formula is C16H19NO7. The van der Waals surface area contributed by atoms with Gasteiger partial charge < -0.3 is 34.3 Å². The average Bonchev–Trinajstić information content (AvgIpc) is 2.61. The molecule has 0 amide bonds. The summed E-state index contributed by atoms with van der Waals surface area (Å²) >= 11 is 0. The van der Waals surface area contributed by atoms with E-state index in [0.717, 1.165) is 0 Å². The van der Waals surface area contributed by atoms with Crippen molar-refractivity contribution in [1.82, 2.24) is 4.98 Å². The number of ether oxygens (including phenoxy) is 4. The minimum atomic E-state index is -1.39. The van der Waals surface area contributed by atoms with E-state index in [1.807, 2.05) is 0 Å². The summed E-state index contributed by atoms with van der Waals surface area (Å²) < 4.78 is 21.6. The molecule has 1 aromatic heterocycles. The molecule has 3 rings (SSSR count). The number of aliphatic hydroxyl groups is 3. The lowest BCUT2D eigenvalue weighted by Crippen LogP contribution is -2.54. The maximum absolute atomic E-state index is 10.0. The van der Waals surface area contributed by atoms with Gasteiger partial charge in [0, 0.05) is 18.3 Å². The summed E-state index contributed by atoms with van der Waals surface area (Å²) in [5.74, 6) is 1.43. The summed E-state index contributed by atoms with van der Waals surface area (Å²) in [6.45, 7) is -0.142. The molecule has 1 aliphatic heterocycles. The van der Waals surface area contributed by atoms with Gasteiger partial charge in [0.25, 0.3) is 0 Å². The van der Waals surface area contributed by atoms with Crippen molar-refractivity contribution in [1.29, 1.82) is 0 Å². The first kappa shape index (κ1) is 16.7. The SMILES string of the molecule is COc1cc(OC)c2c(O[C@@H]3OC[C@@H](O)[C@H](O)[C@H]3O)ccnc2c1. The van der Waals surface area contributed by atoms with E-state index in [2.05, 4.69) is 4.98 Å². The minimum Gasteiger partial charge on any atom is -0.497 e. The Bertz CT molecular complexity index is 723. The highest BCUT2D eigenvalue weighted by Gasteiger charge is 2.39. The predicted molar refractivity (Wildman–Crippen MR) is 83.2 cm³/mol. The summed E-state index contributed by atoms with van der Waals surface area (Å²) in [5, 5.41) is 29.9. The molecule has 8 heteroatoms. The first-order valence-electron chi connectivity index (χ1n) is 7.38. The maximum Gasteiger partial charge on any atom is 0.228 e. The Morgan fingerprint density at radius 1 is 1.08 bits per heavy atom. The number of nitrogens with zero attached hydrogens (tertiary/aromatic N) is 1. The second-order valence-corrected chi connectivity index (χ2v) is 5.40. The lowest BCUT2D eigenvalue weighted by molar-refractivity contribution is -0.241. The fourth-order valence-corrected chi connectivity index (χ4v) is 2.58. The zero-order chi connectivity index (χ0) is 17.3. The molecule has 24 heavy (non-hydrogen) atoms. The van der Waals surface area contributed by atoms with Crippen LogP contribution in [0.2, 0.25) is 0 Å². The molecule has 1 saturated heterocycles. The van der Waals surface area contributed by atoms with Crippen molar-refractivity contribution in [3.63, 3.8) is 0 Å². The molecule has 8 nitrogen and oxygen atoms in total. The van der Waals surface area contributed by atoms with Crippen LogP contribution in [0.15, 0.2) is 24.4 Å². The molecule has 2 heterocycles. The van der Waals surface area contributed by atoms with E-state index in [1.54, 1.807) is 25.3 Å². The Labute approximate surface area is 138 Å². The van der Waals surface area contributed by atoms with Gasteiger partial charge in [-0.1, -0.05) is 0 Å². The standard InChI is InChI=1S/C16H19NO7/c1-21-8-5-9-13(12(6-8)22-2)11(3-4-17-9)24-16-15(20)14(19)10(18)7-23-16/h3-6,10,14-16,18-20H,7H2,1-2H3/t10-,14+,15-,16+/m1/s1. The third kappa shape index (κ3) is 2.96. The van der Waals surface area contributed by atoms with Crippen LogP contribution in [-0.4, -0.2) is 65.7 Å². The van der Waals surface area contributed by atoms with Gasteiger partial charge in [-0.25, -0.2) is 0 Å². The highest BCUT2D eigenvalue weighted by atomic mass is 16.7. The van der Waals surface area contributed by atoms with Crippen molar-refractivity contribution in [3.8, 4) is 17.2 Å². The zero-order valence-electron chi connectivity index (χ0n) is 13.2. The molecule has 2 aromatic rings. The molecule has 0 saturated carbocycles.